The summed E-state index contributed by atoms with van der Waals surface area (Å²) in [6, 6.07) is 9.14. The lowest BCUT2D eigenvalue weighted by atomic mass is 10.1. The highest BCUT2D eigenvalue weighted by Gasteiger charge is 2.17. The lowest BCUT2D eigenvalue weighted by Crippen LogP contribution is -2.11. The number of aromatic nitrogens is 2. The minimum absolute atomic E-state index is 0.175. The van der Waals surface area contributed by atoms with Gasteiger partial charge in [0.15, 0.2) is 16.6 Å². The summed E-state index contributed by atoms with van der Waals surface area (Å²) in [5.74, 6) is 0.554. The van der Waals surface area contributed by atoms with E-state index in [0.717, 1.165) is 15.8 Å². The summed E-state index contributed by atoms with van der Waals surface area (Å²) >= 11 is 1.43. The van der Waals surface area contributed by atoms with E-state index < -0.39 is 0 Å². The minimum Gasteiger partial charge on any atom is -0.461 e. The summed E-state index contributed by atoms with van der Waals surface area (Å²) in [5.41, 5.74) is 3.33. The summed E-state index contributed by atoms with van der Waals surface area (Å²) in [6.07, 6.45) is 1.53. The number of benzene rings is 1. The molecule has 4 aromatic rings. The minimum atomic E-state index is -0.370. The number of thiazole rings is 1. The van der Waals surface area contributed by atoms with Crippen LogP contribution in [0.25, 0.3) is 21.7 Å². The predicted molar refractivity (Wildman–Crippen MR) is 91.3 cm³/mol. The average molecular weight is 339 g/mol. The van der Waals surface area contributed by atoms with E-state index in [1.165, 1.54) is 29.2 Å². The average Bonchev–Trinajstić information content (AvgIpc) is 3.26. The Morgan fingerprint density at radius 3 is 2.88 bits per heavy atom. The van der Waals surface area contributed by atoms with Crippen LogP contribution in [0.5, 0.6) is 0 Å². The van der Waals surface area contributed by atoms with Crippen molar-refractivity contribution in [2.45, 2.75) is 13.8 Å². The maximum absolute atomic E-state index is 12.3. The van der Waals surface area contributed by atoms with Gasteiger partial charge < -0.3 is 8.94 Å². The molecule has 0 aliphatic rings. The Labute approximate surface area is 141 Å². The zero-order valence-corrected chi connectivity index (χ0v) is 13.8. The van der Waals surface area contributed by atoms with E-state index in [9.17, 15) is 4.79 Å². The monoisotopic (exact) mass is 339 g/mol. The van der Waals surface area contributed by atoms with E-state index >= 15 is 0 Å². The lowest BCUT2D eigenvalue weighted by Gasteiger charge is -1.96. The van der Waals surface area contributed by atoms with Gasteiger partial charge >= 0.3 is 0 Å². The number of furan rings is 1. The number of anilines is 1. The van der Waals surface area contributed by atoms with E-state index in [1.54, 1.807) is 12.1 Å². The van der Waals surface area contributed by atoms with Gasteiger partial charge in [-0.1, -0.05) is 22.6 Å². The topological polar surface area (TPSA) is 81.2 Å². The number of hydrogen-bond acceptors (Lipinski definition) is 6. The molecule has 0 fully saturated rings. The number of rotatable bonds is 3. The molecule has 0 spiro atoms. The van der Waals surface area contributed by atoms with Crippen LogP contribution in [0.15, 0.2) is 45.5 Å². The van der Waals surface area contributed by atoms with Crippen LogP contribution in [0.4, 0.5) is 5.13 Å². The molecule has 24 heavy (non-hydrogen) atoms. The van der Waals surface area contributed by atoms with Gasteiger partial charge in [-0.2, -0.15) is 0 Å². The van der Waals surface area contributed by atoms with Crippen LogP contribution in [-0.2, 0) is 0 Å². The highest BCUT2D eigenvalue weighted by molar-refractivity contribution is 7.22. The highest BCUT2D eigenvalue weighted by Crippen LogP contribution is 2.29. The number of nitrogens with one attached hydrogen (secondary N) is 1. The normalized spacial score (nSPS) is 11.1. The largest absolute Gasteiger partial charge is 0.461 e. The second-order valence-corrected chi connectivity index (χ2v) is 6.49. The third-order valence-corrected chi connectivity index (χ3v) is 4.47. The van der Waals surface area contributed by atoms with Crippen LogP contribution in [0, 0.1) is 13.8 Å². The molecule has 0 saturated carbocycles. The first-order chi connectivity index (χ1) is 11.6. The van der Waals surface area contributed by atoms with Gasteiger partial charge in [-0.15, -0.1) is 0 Å². The van der Waals surface area contributed by atoms with Crippen molar-refractivity contribution in [2.75, 3.05) is 5.32 Å². The SMILES string of the molecule is Cc1cc(C)c2nc(NC(=O)c3cc(-c4ccco4)on3)sc2c1. The summed E-state index contributed by atoms with van der Waals surface area (Å²) in [4.78, 5) is 16.8. The Kier molecular flexibility index (Phi) is 3.42. The number of carbonyl (C=O) groups is 1. The zero-order chi connectivity index (χ0) is 16.7. The fraction of sp³-hybridized carbons (Fsp3) is 0.118. The van der Waals surface area contributed by atoms with Crippen molar-refractivity contribution in [1.82, 2.24) is 10.1 Å². The van der Waals surface area contributed by atoms with Crippen molar-refractivity contribution in [3.05, 3.63) is 53.4 Å². The standard InChI is InChI=1S/C17H13N3O3S/c1-9-6-10(2)15-14(7-9)24-17(18-15)19-16(21)11-8-13(23-20-11)12-4-3-5-22-12/h3-8H,1-2H3,(H,18,19,21). The maximum Gasteiger partial charge on any atom is 0.279 e. The van der Waals surface area contributed by atoms with Gasteiger partial charge in [0.25, 0.3) is 5.91 Å². The van der Waals surface area contributed by atoms with Crippen molar-refractivity contribution >= 4 is 32.6 Å². The van der Waals surface area contributed by atoms with Crippen LogP contribution >= 0.6 is 11.3 Å². The molecule has 0 saturated heterocycles. The van der Waals surface area contributed by atoms with Crippen LogP contribution in [0.2, 0.25) is 0 Å². The Morgan fingerprint density at radius 2 is 2.08 bits per heavy atom. The molecule has 4 rings (SSSR count). The van der Waals surface area contributed by atoms with Crippen LogP contribution in [-0.4, -0.2) is 16.0 Å². The van der Waals surface area contributed by atoms with E-state index in [4.69, 9.17) is 8.94 Å². The third kappa shape index (κ3) is 2.59. The van der Waals surface area contributed by atoms with Gasteiger partial charge in [0.2, 0.25) is 5.76 Å². The fourth-order valence-electron chi connectivity index (χ4n) is 2.50. The van der Waals surface area contributed by atoms with E-state index in [1.807, 2.05) is 13.8 Å². The van der Waals surface area contributed by atoms with Gasteiger partial charge in [-0.05, 0) is 43.2 Å². The molecular weight excluding hydrogens is 326 g/mol. The first kappa shape index (κ1) is 14.6. The molecule has 0 bridgehead atoms. The molecular formula is C17H13N3O3S. The molecule has 3 aromatic heterocycles. The molecule has 0 atom stereocenters. The zero-order valence-electron chi connectivity index (χ0n) is 13.0. The number of aryl methyl sites for hydroxylation is 2. The molecule has 0 aliphatic heterocycles. The second-order valence-electron chi connectivity index (χ2n) is 5.46. The van der Waals surface area contributed by atoms with Gasteiger partial charge in [0.05, 0.1) is 16.5 Å². The van der Waals surface area contributed by atoms with Crippen molar-refractivity contribution in [1.29, 1.82) is 0 Å². The molecule has 7 heteroatoms. The molecule has 0 radical (unpaired) electrons. The van der Waals surface area contributed by atoms with Gasteiger partial charge in [0.1, 0.15) is 0 Å². The second kappa shape index (κ2) is 5.61. The van der Waals surface area contributed by atoms with E-state index in [2.05, 4.69) is 27.6 Å². The predicted octanol–water partition coefficient (Wildman–Crippen LogP) is 4.41. The Morgan fingerprint density at radius 1 is 1.21 bits per heavy atom. The van der Waals surface area contributed by atoms with Gasteiger partial charge in [-0.25, -0.2) is 4.98 Å². The summed E-state index contributed by atoms with van der Waals surface area (Å²) in [5, 5.41) is 7.09. The Hall–Kier alpha value is -2.93. The summed E-state index contributed by atoms with van der Waals surface area (Å²) < 4.78 is 11.4. The number of fused-ring (bicyclic) bond motifs is 1. The molecule has 3 heterocycles. The third-order valence-electron chi connectivity index (χ3n) is 3.56. The van der Waals surface area contributed by atoms with Crippen molar-refractivity contribution in [3.63, 3.8) is 0 Å². The Balaban J connectivity index is 1.59. The van der Waals surface area contributed by atoms with Crippen molar-refractivity contribution < 1.29 is 13.7 Å². The molecule has 1 aromatic carbocycles. The number of nitrogens with zero attached hydrogens (tertiary/aromatic N) is 2. The highest BCUT2D eigenvalue weighted by atomic mass is 32.1. The molecule has 120 valence electrons. The molecule has 0 aliphatic carbocycles. The first-order valence-corrected chi connectivity index (χ1v) is 8.11. The first-order valence-electron chi connectivity index (χ1n) is 7.30. The maximum atomic E-state index is 12.3. The fourth-order valence-corrected chi connectivity index (χ4v) is 3.54. The quantitative estimate of drug-likeness (QED) is 0.598. The van der Waals surface area contributed by atoms with Crippen molar-refractivity contribution in [3.8, 4) is 11.5 Å². The lowest BCUT2D eigenvalue weighted by molar-refractivity contribution is 0.101. The van der Waals surface area contributed by atoms with E-state index in [-0.39, 0.29) is 11.6 Å². The summed E-state index contributed by atoms with van der Waals surface area (Å²) in [7, 11) is 0. The molecule has 0 unspecified atom stereocenters. The van der Waals surface area contributed by atoms with Crippen LogP contribution < -0.4 is 5.32 Å². The molecule has 1 amide bonds. The number of hydrogen-bond donors (Lipinski definition) is 1. The molecule has 1 N–H and O–H groups in total. The smallest absolute Gasteiger partial charge is 0.279 e. The Bertz CT molecular complexity index is 1030. The van der Waals surface area contributed by atoms with E-state index in [0.29, 0.717) is 16.7 Å². The van der Waals surface area contributed by atoms with Crippen LogP contribution in [0.3, 0.4) is 0 Å². The van der Waals surface area contributed by atoms with Gasteiger partial charge in [0, 0.05) is 6.07 Å². The number of carbonyl (C=O) groups excluding carboxylic acids is 1. The van der Waals surface area contributed by atoms with Crippen LogP contribution in [0.1, 0.15) is 21.6 Å². The molecule has 6 nitrogen and oxygen atoms in total. The number of amides is 1. The van der Waals surface area contributed by atoms with Gasteiger partial charge in [-0.3, -0.25) is 10.1 Å². The van der Waals surface area contributed by atoms with Crippen molar-refractivity contribution in [2.24, 2.45) is 0 Å². The summed E-state index contributed by atoms with van der Waals surface area (Å²) in [6.45, 7) is 4.05.